The summed E-state index contributed by atoms with van der Waals surface area (Å²) in [6, 6.07) is 5.31. The predicted molar refractivity (Wildman–Crippen MR) is 123 cm³/mol. The van der Waals surface area contributed by atoms with Gasteiger partial charge in [-0.05, 0) is 57.3 Å². The number of rotatable bonds is 11. The van der Waals surface area contributed by atoms with E-state index < -0.39 is 36.5 Å². The fraction of sp³-hybridized carbons (Fsp3) is 0.625. The molecule has 2 aliphatic heterocycles. The van der Waals surface area contributed by atoms with Crippen LogP contribution in [0.25, 0.3) is 0 Å². The number of piperidine rings is 1. The van der Waals surface area contributed by atoms with Crippen molar-refractivity contribution in [3.05, 3.63) is 24.3 Å². The van der Waals surface area contributed by atoms with E-state index in [0.29, 0.717) is 17.9 Å². The molecule has 1 aromatic rings. The van der Waals surface area contributed by atoms with E-state index in [9.17, 15) is 19.5 Å². The fourth-order valence-electron chi connectivity index (χ4n) is 4.48. The van der Waals surface area contributed by atoms with Crippen LogP contribution in [0.3, 0.4) is 0 Å². The topological polar surface area (TPSA) is 117 Å². The van der Waals surface area contributed by atoms with Crippen LogP contribution in [0.1, 0.15) is 45.4 Å². The van der Waals surface area contributed by atoms with Crippen molar-refractivity contribution >= 4 is 23.5 Å². The minimum absolute atomic E-state index is 0.00303. The number of nitrogens with one attached hydrogen (secondary N) is 2. The van der Waals surface area contributed by atoms with Gasteiger partial charge in [0.15, 0.2) is 0 Å². The minimum atomic E-state index is -1.13. The molecule has 9 nitrogen and oxygen atoms in total. The Kier molecular flexibility index (Phi) is 9.50. The number of amides is 1. The lowest BCUT2D eigenvalue weighted by molar-refractivity contribution is -0.146. The van der Waals surface area contributed by atoms with Crippen molar-refractivity contribution in [2.45, 2.75) is 57.5 Å². The first-order chi connectivity index (χ1) is 16.0. The number of carboxylic acid groups (broad SMARTS) is 1. The average Bonchev–Trinajstić information content (AvgIpc) is 2.93. The molecule has 0 aromatic heterocycles. The van der Waals surface area contributed by atoms with Gasteiger partial charge in [-0.3, -0.25) is 24.6 Å². The van der Waals surface area contributed by atoms with Gasteiger partial charge in [0.1, 0.15) is 31.0 Å². The fourth-order valence-corrected chi connectivity index (χ4v) is 4.48. The molecule has 1 saturated heterocycles. The summed E-state index contributed by atoms with van der Waals surface area (Å²) in [6.07, 6.45) is 5.89. The van der Waals surface area contributed by atoms with Crippen molar-refractivity contribution < 1.29 is 29.0 Å². The molecule has 0 bridgehead atoms. The number of carboxylic acids is 1. The number of nitrogens with zero attached hydrogens (tertiary/aromatic N) is 1. The predicted octanol–water partition coefficient (Wildman–Crippen LogP) is 1.95. The largest absolute Gasteiger partial charge is 0.489 e. The molecule has 0 spiro atoms. The SMILES string of the molecule is CCOC(=O)C(CCCCC1CCNCC1)N[C@H]1COc2ccccc2N(CC(=O)O)C1=O. The van der Waals surface area contributed by atoms with E-state index in [-0.39, 0.29) is 13.2 Å². The maximum atomic E-state index is 13.3. The van der Waals surface area contributed by atoms with Crippen LogP contribution in [0, 0.1) is 5.92 Å². The Morgan fingerprint density at radius 2 is 2.03 bits per heavy atom. The second-order valence-corrected chi connectivity index (χ2v) is 8.60. The number of anilines is 1. The Labute approximate surface area is 194 Å². The lowest BCUT2D eigenvalue weighted by atomic mass is 9.92. The van der Waals surface area contributed by atoms with Gasteiger partial charge in [-0.25, -0.2) is 0 Å². The number of para-hydroxylation sites is 2. The molecule has 1 unspecified atom stereocenters. The molecule has 3 rings (SSSR count). The molecule has 33 heavy (non-hydrogen) atoms. The molecular formula is C24H35N3O6. The molecule has 9 heteroatoms. The molecule has 182 valence electrons. The first kappa shape index (κ1) is 25.0. The first-order valence-corrected chi connectivity index (χ1v) is 11.9. The molecular weight excluding hydrogens is 426 g/mol. The average molecular weight is 462 g/mol. The number of carbonyl (C=O) groups is 3. The minimum Gasteiger partial charge on any atom is -0.489 e. The number of unbranched alkanes of at least 4 members (excludes halogenated alkanes) is 1. The standard InChI is InChI=1S/C24H35N3O6/c1-2-32-24(31)18(8-4-3-7-17-11-13-25-14-12-17)26-19-16-33-21-10-6-5-9-20(21)27(23(19)30)15-22(28)29/h5-6,9-10,17-19,25-26H,2-4,7-8,11-16H2,1H3,(H,28,29)/t18?,19-/m0/s1. The quantitative estimate of drug-likeness (QED) is 0.338. The third-order valence-corrected chi connectivity index (χ3v) is 6.21. The van der Waals surface area contributed by atoms with E-state index in [1.165, 1.54) is 17.7 Å². The summed E-state index contributed by atoms with van der Waals surface area (Å²) >= 11 is 0. The highest BCUT2D eigenvalue weighted by Gasteiger charge is 2.35. The Bertz CT molecular complexity index is 811. The van der Waals surface area contributed by atoms with E-state index in [1.54, 1.807) is 31.2 Å². The Morgan fingerprint density at radius 1 is 1.27 bits per heavy atom. The van der Waals surface area contributed by atoms with Gasteiger partial charge in [0, 0.05) is 0 Å². The van der Waals surface area contributed by atoms with E-state index >= 15 is 0 Å². The third-order valence-electron chi connectivity index (χ3n) is 6.21. The van der Waals surface area contributed by atoms with E-state index in [4.69, 9.17) is 9.47 Å². The van der Waals surface area contributed by atoms with Crippen LogP contribution in [0.5, 0.6) is 5.75 Å². The third kappa shape index (κ3) is 7.17. The van der Waals surface area contributed by atoms with Gasteiger partial charge in [0.05, 0.1) is 12.3 Å². The second kappa shape index (κ2) is 12.6. The number of carbonyl (C=O) groups excluding carboxylic acids is 2. The summed E-state index contributed by atoms with van der Waals surface area (Å²) in [5, 5.41) is 15.8. The van der Waals surface area contributed by atoms with Gasteiger partial charge in [-0.15, -0.1) is 0 Å². The number of hydrogen-bond acceptors (Lipinski definition) is 7. The monoisotopic (exact) mass is 461 g/mol. The first-order valence-electron chi connectivity index (χ1n) is 11.9. The number of fused-ring (bicyclic) bond motifs is 1. The van der Waals surface area contributed by atoms with Crippen molar-refractivity contribution in [1.29, 1.82) is 0 Å². The Balaban J connectivity index is 1.65. The molecule has 1 aromatic carbocycles. The van der Waals surface area contributed by atoms with Gasteiger partial charge in [0.25, 0.3) is 0 Å². The van der Waals surface area contributed by atoms with Crippen LogP contribution in [0.15, 0.2) is 24.3 Å². The van der Waals surface area contributed by atoms with Crippen molar-refractivity contribution in [2.24, 2.45) is 5.92 Å². The number of hydrogen-bond donors (Lipinski definition) is 3. The van der Waals surface area contributed by atoms with Crippen LogP contribution in [-0.4, -0.2) is 67.9 Å². The molecule has 1 amide bonds. The highest BCUT2D eigenvalue weighted by Crippen LogP contribution is 2.31. The zero-order chi connectivity index (χ0) is 23.6. The maximum absolute atomic E-state index is 13.3. The number of aliphatic carboxylic acids is 1. The van der Waals surface area contributed by atoms with Gasteiger partial charge in [-0.2, -0.15) is 0 Å². The van der Waals surface area contributed by atoms with Crippen molar-refractivity contribution in [2.75, 3.05) is 37.7 Å². The Hall–Kier alpha value is -2.65. The normalized spacial score (nSPS) is 19.8. The Morgan fingerprint density at radius 3 is 2.76 bits per heavy atom. The van der Waals surface area contributed by atoms with E-state index in [2.05, 4.69) is 10.6 Å². The lowest BCUT2D eigenvalue weighted by Gasteiger charge is -2.26. The van der Waals surface area contributed by atoms with Gasteiger partial charge >= 0.3 is 11.9 Å². The summed E-state index contributed by atoms with van der Waals surface area (Å²) < 4.78 is 11.1. The van der Waals surface area contributed by atoms with Crippen molar-refractivity contribution in [1.82, 2.24) is 10.6 Å². The van der Waals surface area contributed by atoms with Gasteiger partial charge < -0.3 is 19.9 Å². The zero-order valence-corrected chi connectivity index (χ0v) is 19.3. The van der Waals surface area contributed by atoms with Gasteiger partial charge in [0.2, 0.25) is 5.91 Å². The molecule has 3 N–H and O–H groups in total. The lowest BCUT2D eigenvalue weighted by Crippen LogP contribution is -2.54. The van der Waals surface area contributed by atoms with Crippen LogP contribution in [0.4, 0.5) is 5.69 Å². The van der Waals surface area contributed by atoms with E-state index in [1.807, 2.05) is 0 Å². The van der Waals surface area contributed by atoms with Gasteiger partial charge in [-0.1, -0.05) is 31.4 Å². The molecule has 1 fully saturated rings. The highest BCUT2D eigenvalue weighted by molar-refractivity contribution is 6.02. The van der Waals surface area contributed by atoms with Crippen LogP contribution >= 0.6 is 0 Å². The molecule has 2 heterocycles. The van der Waals surface area contributed by atoms with Crippen molar-refractivity contribution in [3.63, 3.8) is 0 Å². The smallest absolute Gasteiger partial charge is 0.323 e. The zero-order valence-electron chi connectivity index (χ0n) is 19.3. The maximum Gasteiger partial charge on any atom is 0.323 e. The summed E-state index contributed by atoms with van der Waals surface area (Å²) in [6.45, 7) is 3.64. The number of esters is 1. The van der Waals surface area contributed by atoms with Crippen LogP contribution in [-0.2, 0) is 19.1 Å². The summed E-state index contributed by atoms with van der Waals surface area (Å²) in [4.78, 5) is 38.5. The highest BCUT2D eigenvalue weighted by atomic mass is 16.5. The number of ether oxygens (including phenoxy) is 2. The van der Waals surface area contributed by atoms with Crippen LogP contribution in [0.2, 0.25) is 0 Å². The van der Waals surface area contributed by atoms with Crippen LogP contribution < -0.4 is 20.3 Å². The van der Waals surface area contributed by atoms with Crippen molar-refractivity contribution in [3.8, 4) is 5.75 Å². The molecule has 2 aliphatic rings. The summed E-state index contributed by atoms with van der Waals surface area (Å²) in [7, 11) is 0. The number of benzene rings is 1. The second-order valence-electron chi connectivity index (χ2n) is 8.60. The van der Waals surface area contributed by atoms with E-state index in [0.717, 1.165) is 38.3 Å². The summed E-state index contributed by atoms with van der Waals surface area (Å²) in [5.41, 5.74) is 0.406. The molecule has 0 saturated carbocycles. The molecule has 0 radical (unpaired) electrons. The molecule has 0 aliphatic carbocycles. The summed E-state index contributed by atoms with van der Waals surface area (Å²) in [5.74, 6) is -0.810. The molecule has 2 atom stereocenters.